The van der Waals surface area contributed by atoms with Gasteiger partial charge in [0.05, 0.1) is 11.4 Å². The van der Waals surface area contributed by atoms with E-state index >= 15 is 0 Å². The van der Waals surface area contributed by atoms with E-state index in [1.54, 1.807) is 0 Å². The topological polar surface area (TPSA) is 13.0 Å². The van der Waals surface area contributed by atoms with E-state index in [1.165, 1.54) is 176 Å². The zero-order chi connectivity index (χ0) is 93.4. The summed E-state index contributed by atoms with van der Waals surface area (Å²) >= 11 is 0. The van der Waals surface area contributed by atoms with Gasteiger partial charge in [0.25, 0.3) is 0 Å². The molecule has 22 aromatic carbocycles. The van der Waals surface area contributed by atoms with E-state index in [2.05, 4.69) is 526 Å². The smallest absolute Gasteiger partial charge is 0.0618 e. The largest absolute Gasteiger partial charge is 0.310 e. The molecular formula is C135H102N4. The highest BCUT2D eigenvalue weighted by Gasteiger charge is 2.43. The molecule has 0 saturated heterocycles. The molecule has 0 radical (unpaired) electrons. The van der Waals surface area contributed by atoms with E-state index < -0.39 is 5.41 Å². The maximum Gasteiger partial charge on any atom is 0.0618 e. The van der Waals surface area contributed by atoms with Crippen molar-refractivity contribution >= 4 is 133 Å². The molecule has 27 rings (SSSR count). The molecule has 662 valence electrons. The molecule has 0 atom stereocenters. The van der Waals surface area contributed by atoms with Crippen molar-refractivity contribution in [2.24, 2.45) is 0 Å². The van der Waals surface area contributed by atoms with Gasteiger partial charge in [0.15, 0.2) is 0 Å². The minimum absolute atomic E-state index is 0.266. The second kappa shape index (κ2) is 30.3. The molecule has 0 heterocycles. The Morgan fingerprint density at radius 2 is 0.345 bits per heavy atom. The van der Waals surface area contributed by atoms with Gasteiger partial charge in [0.2, 0.25) is 0 Å². The van der Waals surface area contributed by atoms with E-state index in [0.29, 0.717) is 0 Å². The van der Waals surface area contributed by atoms with Gasteiger partial charge in [-0.15, -0.1) is 0 Å². The molecule has 0 amide bonds. The molecule has 0 aromatic heterocycles. The van der Waals surface area contributed by atoms with Crippen LogP contribution in [0.3, 0.4) is 0 Å². The maximum atomic E-state index is 2.62. The van der Waals surface area contributed by atoms with E-state index in [-0.39, 0.29) is 21.7 Å². The number of rotatable bonds is 14. The highest BCUT2D eigenvalue weighted by molar-refractivity contribution is 6.17. The van der Waals surface area contributed by atoms with Crippen molar-refractivity contribution in [2.75, 3.05) is 19.6 Å². The van der Waals surface area contributed by atoms with Crippen LogP contribution >= 0.6 is 0 Å². The Labute approximate surface area is 813 Å². The van der Waals surface area contributed by atoms with Gasteiger partial charge in [-0.1, -0.05) is 373 Å². The van der Waals surface area contributed by atoms with Gasteiger partial charge >= 0.3 is 0 Å². The van der Waals surface area contributed by atoms with Gasteiger partial charge in [-0.05, 0) is 310 Å². The Morgan fingerprint density at radius 3 is 0.655 bits per heavy atom. The van der Waals surface area contributed by atoms with Crippen molar-refractivity contribution in [3.05, 3.63) is 492 Å². The fourth-order valence-electron chi connectivity index (χ4n) is 25.3. The SMILES string of the molecule is CC1(C)c2cc(-c3cc(N(c4ccc5c(c4)C(C)(C)c4ccccc4-5)c4ccc5ccccc5c4)cc(N(c4ccc5c(c4)C(C)(C)c4ccccc4-5)c4c5ccccc5cc5ccccc45)c3)ccc2-c2ccc(-c3cc(N(c4ccc5c(c4)C(C)(C)c4ccccc4-5)c4ccc5ccccc5c4)cc(N(c4ccc5c(c4)C(C)(C)c4ccccc4-5)c4c5ccccc5cc5ccccc45)c3)cc21. The zero-order valence-corrected chi connectivity index (χ0v) is 79.9. The molecule has 5 aliphatic carbocycles. The molecule has 22 aromatic rings. The summed E-state index contributed by atoms with van der Waals surface area (Å²) in [5, 5.41) is 14.1. The van der Waals surface area contributed by atoms with Crippen LogP contribution in [0.4, 0.5) is 68.2 Å². The predicted molar refractivity (Wildman–Crippen MR) is 589 cm³/mol. The first-order chi connectivity index (χ1) is 67.6. The van der Waals surface area contributed by atoms with Crippen molar-refractivity contribution in [3.8, 4) is 77.9 Å². The van der Waals surface area contributed by atoms with Crippen LogP contribution in [-0.4, -0.2) is 0 Å². The highest BCUT2D eigenvalue weighted by Crippen LogP contribution is 2.61. The predicted octanol–water partition coefficient (Wildman–Crippen LogP) is 37.4. The average Bonchev–Trinajstić information content (AvgIpc) is 1.54. The summed E-state index contributed by atoms with van der Waals surface area (Å²) in [4.78, 5) is 10.3. The summed E-state index contributed by atoms with van der Waals surface area (Å²) in [5.74, 6) is 0. The lowest BCUT2D eigenvalue weighted by molar-refractivity contribution is 0.660. The molecule has 0 fully saturated rings. The Balaban J connectivity index is 0.680. The summed E-state index contributed by atoms with van der Waals surface area (Å²) in [6.07, 6.45) is 0. The number of nitrogens with zero attached hydrogens (tertiary/aromatic N) is 4. The van der Waals surface area contributed by atoms with Crippen molar-refractivity contribution in [3.63, 3.8) is 0 Å². The van der Waals surface area contributed by atoms with Gasteiger partial charge in [0, 0.05) is 105 Å². The van der Waals surface area contributed by atoms with Gasteiger partial charge in [-0.3, -0.25) is 0 Å². The number of fused-ring (bicyclic) bond motifs is 21. The van der Waals surface area contributed by atoms with E-state index in [1.807, 2.05) is 0 Å². The van der Waals surface area contributed by atoms with E-state index in [9.17, 15) is 0 Å². The summed E-state index contributed by atoms with van der Waals surface area (Å²) in [5.41, 5.74) is 41.8. The molecule has 4 heteroatoms. The van der Waals surface area contributed by atoms with Crippen molar-refractivity contribution in [1.82, 2.24) is 0 Å². The second-order valence-electron chi connectivity index (χ2n) is 42.0. The molecule has 0 spiro atoms. The first-order valence-electron chi connectivity index (χ1n) is 49.2. The quantitative estimate of drug-likeness (QED) is 0.101. The average molecular weight is 1780 g/mol. The Morgan fingerprint density at radius 1 is 0.129 bits per heavy atom. The van der Waals surface area contributed by atoms with Crippen LogP contribution in [0.25, 0.3) is 143 Å². The number of anilines is 12. The molecule has 5 aliphatic rings. The summed E-state index contributed by atoms with van der Waals surface area (Å²) in [7, 11) is 0. The normalized spacial score (nSPS) is 14.5. The molecule has 0 unspecified atom stereocenters. The molecule has 139 heavy (non-hydrogen) atoms. The van der Waals surface area contributed by atoms with Crippen LogP contribution in [0.15, 0.2) is 437 Å². The summed E-state index contributed by atoms with van der Waals surface area (Å²) < 4.78 is 0. The fraction of sp³-hybridized carbons (Fsp3) is 0.111. The minimum atomic E-state index is -0.499. The monoisotopic (exact) mass is 1780 g/mol. The zero-order valence-electron chi connectivity index (χ0n) is 79.9. The molecule has 0 saturated carbocycles. The van der Waals surface area contributed by atoms with Crippen molar-refractivity contribution in [2.45, 2.75) is 96.3 Å². The van der Waals surface area contributed by atoms with Crippen LogP contribution in [0.2, 0.25) is 0 Å². The molecule has 0 aliphatic heterocycles. The van der Waals surface area contributed by atoms with Crippen LogP contribution in [-0.2, 0) is 27.1 Å². The standard InChI is InChI=1S/C135H102N4/c1-131(2)119-47-27-23-43-109(119)115-63-57-97(79-125(115)131)136(95-55-51-83-31-11-13-33-85(83)69-95)101-71-93(73-103(77-101)138(129-105-39-19-15-35-89(105)67-90-36-16-20-40-106(90)129)99-59-65-117-111-45-25-29-49-121(111)133(5,6)127(117)81-99)87-53-61-113-114-62-54-88(76-124(114)135(9,10)123(113)75-87)94-72-102(137(96-56-52-84-32-12-14-34-86(84)70-96)98-58-64-116-110-44-24-28-48-120(110)132(3,4)126(116)80-98)78-104(74-94)139(130-107-41-21-17-37-91(107)68-92-38-18-22-42-108(92)130)100-60-66-118-112-46-26-30-50-122(112)134(7,8)128(118)82-100/h11-82H,1-10H3. The lowest BCUT2D eigenvalue weighted by atomic mass is 9.80. The van der Waals surface area contributed by atoms with Crippen molar-refractivity contribution in [1.29, 1.82) is 0 Å². The Kier molecular flexibility index (Phi) is 17.9. The van der Waals surface area contributed by atoms with Gasteiger partial charge in [-0.25, -0.2) is 0 Å². The molecule has 0 N–H and O–H groups in total. The number of hydrogen-bond acceptors (Lipinski definition) is 4. The highest BCUT2D eigenvalue weighted by atomic mass is 15.2. The van der Waals surface area contributed by atoms with Gasteiger partial charge in [-0.2, -0.15) is 0 Å². The Bertz CT molecular complexity index is 8410. The Hall–Kier alpha value is -16.4. The van der Waals surface area contributed by atoms with Gasteiger partial charge < -0.3 is 19.6 Å². The third-order valence-corrected chi connectivity index (χ3v) is 32.4. The maximum absolute atomic E-state index is 2.62. The van der Waals surface area contributed by atoms with E-state index in [0.717, 1.165) is 90.5 Å². The lowest BCUT2D eigenvalue weighted by Gasteiger charge is -2.33. The third kappa shape index (κ3) is 12.5. The summed E-state index contributed by atoms with van der Waals surface area (Å²) in [6, 6.07) is 168. The number of hydrogen-bond donors (Lipinski definition) is 0. The summed E-state index contributed by atoms with van der Waals surface area (Å²) in [6.45, 7) is 24.2. The van der Waals surface area contributed by atoms with Crippen molar-refractivity contribution < 1.29 is 0 Å². The lowest BCUT2D eigenvalue weighted by Crippen LogP contribution is -2.18. The van der Waals surface area contributed by atoms with Crippen LogP contribution < -0.4 is 19.6 Å². The third-order valence-electron chi connectivity index (χ3n) is 32.4. The van der Waals surface area contributed by atoms with Crippen LogP contribution in [0.5, 0.6) is 0 Å². The van der Waals surface area contributed by atoms with E-state index in [4.69, 9.17) is 0 Å². The first kappa shape index (κ1) is 82.1. The molecule has 4 nitrogen and oxygen atoms in total. The molecular weight excluding hydrogens is 1680 g/mol. The first-order valence-corrected chi connectivity index (χ1v) is 49.2. The van der Waals surface area contributed by atoms with Crippen LogP contribution in [0, 0.1) is 0 Å². The van der Waals surface area contributed by atoms with Gasteiger partial charge in [0.1, 0.15) is 0 Å². The minimum Gasteiger partial charge on any atom is -0.310 e. The fourth-order valence-corrected chi connectivity index (χ4v) is 25.3. The number of benzene rings is 22. The molecule has 0 bridgehead atoms. The second-order valence-corrected chi connectivity index (χ2v) is 42.0. The van der Waals surface area contributed by atoms with Crippen LogP contribution in [0.1, 0.15) is 125 Å².